The van der Waals surface area contributed by atoms with Gasteiger partial charge in [0.15, 0.2) is 4.34 Å². The third kappa shape index (κ3) is 4.40. The SMILES string of the molecule is CC(Cc1nc2ccccc2s1)NC(=O)CSc1nnc(N)s1. The van der Waals surface area contributed by atoms with Gasteiger partial charge in [0.25, 0.3) is 0 Å². The van der Waals surface area contributed by atoms with Gasteiger partial charge in [0.2, 0.25) is 11.0 Å². The molecule has 2 aromatic heterocycles. The molecule has 1 aromatic carbocycles. The smallest absolute Gasteiger partial charge is 0.230 e. The third-order valence-electron chi connectivity index (χ3n) is 2.98. The molecule has 0 spiro atoms. The van der Waals surface area contributed by atoms with E-state index in [-0.39, 0.29) is 11.9 Å². The van der Waals surface area contributed by atoms with E-state index in [4.69, 9.17) is 5.73 Å². The summed E-state index contributed by atoms with van der Waals surface area (Å²) in [5, 5.41) is 12.0. The Morgan fingerprint density at radius 2 is 2.17 bits per heavy atom. The number of amides is 1. The zero-order chi connectivity index (χ0) is 16.2. The van der Waals surface area contributed by atoms with E-state index < -0.39 is 0 Å². The van der Waals surface area contributed by atoms with E-state index in [9.17, 15) is 4.79 Å². The first-order valence-corrected chi connectivity index (χ1v) is 9.57. The van der Waals surface area contributed by atoms with Crippen LogP contribution in [0.4, 0.5) is 5.13 Å². The van der Waals surface area contributed by atoms with Crippen LogP contribution in [-0.4, -0.2) is 32.9 Å². The predicted molar refractivity (Wildman–Crippen MR) is 96.0 cm³/mol. The molecule has 6 nitrogen and oxygen atoms in total. The number of thioether (sulfide) groups is 1. The highest BCUT2D eigenvalue weighted by atomic mass is 32.2. The highest BCUT2D eigenvalue weighted by Crippen LogP contribution is 2.24. The van der Waals surface area contributed by atoms with Crippen LogP contribution in [0, 0.1) is 0 Å². The lowest BCUT2D eigenvalue weighted by molar-refractivity contribution is -0.119. The molecule has 1 unspecified atom stereocenters. The van der Waals surface area contributed by atoms with Gasteiger partial charge in [-0.05, 0) is 19.1 Å². The van der Waals surface area contributed by atoms with Gasteiger partial charge in [-0.1, -0.05) is 35.2 Å². The molecular formula is C14H15N5OS3. The summed E-state index contributed by atoms with van der Waals surface area (Å²) in [6.07, 6.45) is 0.724. The first-order chi connectivity index (χ1) is 11.1. The summed E-state index contributed by atoms with van der Waals surface area (Å²) in [7, 11) is 0. The molecule has 1 amide bonds. The third-order valence-corrected chi connectivity index (χ3v) is 5.92. The number of fused-ring (bicyclic) bond motifs is 1. The van der Waals surface area contributed by atoms with Crippen molar-refractivity contribution in [2.24, 2.45) is 0 Å². The second kappa shape index (κ2) is 7.24. The van der Waals surface area contributed by atoms with E-state index >= 15 is 0 Å². The Kier molecular flexibility index (Phi) is 5.09. The molecule has 9 heteroatoms. The first kappa shape index (κ1) is 16.2. The number of nitrogens with one attached hydrogen (secondary N) is 1. The molecule has 3 aromatic rings. The van der Waals surface area contributed by atoms with Gasteiger partial charge in [-0.15, -0.1) is 21.5 Å². The van der Waals surface area contributed by atoms with E-state index in [1.54, 1.807) is 11.3 Å². The van der Waals surface area contributed by atoms with E-state index in [1.807, 2.05) is 25.1 Å². The van der Waals surface area contributed by atoms with Gasteiger partial charge in [-0.25, -0.2) is 4.98 Å². The van der Waals surface area contributed by atoms with E-state index in [0.717, 1.165) is 16.9 Å². The Balaban J connectivity index is 1.50. The van der Waals surface area contributed by atoms with Crippen molar-refractivity contribution < 1.29 is 4.79 Å². The number of rotatable bonds is 6. The molecule has 0 aliphatic heterocycles. The molecule has 2 heterocycles. The molecule has 0 fully saturated rings. The number of nitrogen functional groups attached to an aromatic ring is 1. The maximum atomic E-state index is 12.0. The van der Waals surface area contributed by atoms with Crippen molar-refractivity contribution in [2.75, 3.05) is 11.5 Å². The highest BCUT2D eigenvalue weighted by molar-refractivity contribution is 8.01. The number of hydrogen-bond acceptors (Lipinski definition) is 8. The Morgan fingerprint density at radius 3 is 2.91 bits per heavy atom. The number of carbonyl (C=O) groups excluding carboxylic acids is 1. The Labute approximate surface area is 145 Å². The Hall–Kier alpha value is -1.71. The molecule has 0 aliphatic carbocycles. The molecule has 0 aliphatic rings. The Morgan fingerprint density at radius 1 is 1.35 bits per heavy atom. The minimum Gasteiger partial charge on any atom is -0.374 e. The van der Waals surface area contributed by atoms with Crippen molar-refractivity contribution in [3.8, 4) is 0 Å². The summed E-state index contributed by atoms with van der Waals surface area (Å²) in [5.41, 5.74) is 6.52. The summed E-state index contributed by atoms with van der Waals surface area (Å²) < 4.78 is 1.88. The molecule has 3 N–H and O–H groups in total. The van der Waals surface area contributed by atoms with Crippen LogP contribution in [0.15, 0.2) is 28.6 Å². The molecule has 0 saturated heterocycles. The molecular weight excluding hydrogens is 350 g/mol. The fourth-order valence-electron chi connectivity index (χ4n) is 2.04. The summed E-state index contributed by atoms with van der Waals surface area (Å²) in [6, 6.07) is 8.08. The number of para-hydroxylation sites is 1. The van der Waals surface area contributed by atoms with Crippen LogP contribution in [-0.2, 0) is 11.2 Å². The lowest BCUT2D eigenvalue weighted by atomic mass is 10.2. The number of hydrogen-bond donors (Lipinski definition) is 2. The number of nitrogens with two attached hydrogens (primary N) is 1. The normalized spacial score (nSPS) is 12.4. The number of carbonyl (C=O) groups is 1. The van der Waals surface area contributed by atoms with Crippen molar-refractivity contribution in [3.63, 3.8) is 0 Å². The summed E-state index contributed by atoms with van der Waals surface area (Å²) in [4.78, 5) is 16.6. The Bertz CT molecular complexity index is 782. The van der Waals surface area contributed by atoms with Crippen molar-refractivity contribution in [1.82, 2.24) is 20.5 Å². The van der Waals surface area contributed by atoms with Gasteiger partial charge in [0.1, 0.15) is 0 Å². The minimum atomic E-state index is -0.0302. The zero-order valence-electron chi connectivity index (χ0n) is 12.4. The number of thiazole rings is 1. The predicted octanol–water partition coefficient (Wildman–Crippen LogP) is 2.57. The largest absolute Gasteiger partial charge is 0.374 e. The lowest BCUT2D eigenvalue weighted by Crippen LogP contribution is -2.35. The summed E-state index contributed by atoms with van der Waals surface area (Å²) >= 11 is 4.29. The van der Waals surface area contributed by atoms with E-state index in [1.165, 1.54) is 27.8 Å². The first-order valence-electron chi connectivity index (χ1n) is 6.96. The molecule has 0 bridgehead atoms. The molecule has 0 radical (unpaired) electrons. The minimum absolute atomic E-state index is 0.0302. The van der Waals surface area contributed by atoms with Crippen LogP contribution >= 0.6 is 34.4 Å². The monoisotopic (exact) mass is 365 g/mol. The van der Waals surface area contributed by atoms with Crippen molar-refractivity contribution >= 4 is 55.7 Å². The van der Waals surface area contributed by atoms with Gasteiger partial charge >= 0.3 is 0 Å². The van der Waals surface area contributed by atoms with E-state index in [0.29, 0.717) is 15.2 Å². The summed E-state index contributed by atoms with van der Waals surface area (Å²) in [5.74, 6) is 0.274. The lowest BCUT2D eigenvalue weighted by Gasteiger charge is -2.11. The maximum absolute atomic E-state index is 12.0. The van der Waals surface area contributed by atoms with Crippen LogP contribution in [0.2, 0.25) is 0 Å². The van der Waals surface area contributed by atoms with Crippen molar-refractivity contribution in [1.29, 1.82) is 0 Å². The fraction of sp³-hybridized carbons (Fsp3) is 0.286. The molecule has 3 rings (SSSR count). The van der Waals surface area contributed by atoms with Crippen LogP contribution in [0.1, 0.15) is 11.9 Å². The second-order valence-electron chi connectivity index (χ2n) is 4.94. The number of nitrogens with zero attached hydrogens (tertiary/aromatic N) is 3. The molecule has 120 valence electrons. The average Bonchev–Trinajstić information content (AvgIpc) is 3.10. The standard InChI is InChI=1S/C14H15N5OS3/c1-8(6-12-17-9-4-2-3-5-10(9)22-12)16-11(20)7-21-14-19-18-13(15)23-14/h2-5,8H,6-7H2,1H3,(H2,15,18)(H,16,20). The average molecular weight is 366 g/mol. The van der Waals surface area contributed by atoms with Gasteiger partial charge in [0, 0.05) is 12.5 Å². The van der Waals surface area contributed by atoms with Gasteiger partial charge in [-0.3, -0.25) is 4.79 Å². The van der Waals surface area contributed by atoms with Crippen LogP contribution < -0.4 is 11.1 Å². The fourth-order valence-corrected chi connectivity index (χ4v) is 4.59. The van der Waals surface area contributed by atoms with Crippen LogP contribution in [0.3, 0.4) is 0 Å². The van der Waals surface area contributed by atoms with Crippen LogP contribution in [0.25, 0.3) is 10.2 Å². The van der Waals surface area contributed by atoms with Gasteiger partial charge < -0.3 is 11.1 Å². The number of benzene rings is 1. The summed E-state index contributed by atoms with van der Waals surface area (Å²) in [6.45, 7) is 1.98. The van der Waals surface area contributed by atoms with Gasteiger partial charge in [0.05, 0.1) is 21.0 Å². The quantitative estimate of drug-likeness (QED) is 0.652. The zero-order valence-corrected chi connectivity index (χ0v) is 14.8. The van der Waals surface area contributed by atoms with Gasteiger partial charge in [-0.2, -0.15) is 0 Å². The highest BCUT2D eigenvalue weighted by Gasteiger charge is 2.12. The maximum Gasteiger partial charge on any atom is 0.230 e. The molecule has 0 saturated carbocycles. The van der Waals surface area contributed by atoms with Crippen molar-refractivity contribution in [2.45, 2.75) is 23.7 Å². The second-order valence-corrected chi connectivity index (χ2v) is 8.29. The number of anilines is 1. The molecule has 23 heavy (non-hydrogen) atoms. The number of aromatic nitrogens is 3. The van der Waals surface area contributed by atoms with Crippen molar-refractivity contribution in [3.05, 3.63) is 29.3 Å². The topological polar surface area (TPSA) is 93.8 Å². The molecule has 1 atom stereocenters. The van der Waals surface area contributed by atoms with E-state index in [2.05, 4.69) is 26.6 Å². The van der Waals surface area contributed by atoms with Crippen LogP contribution in [0.5, 0.6) is 0 Å².